The lowest BCUT2D eigenvalue weighted by Crippen LogP contribution is -2.43. The fraction of sp³-hybridized carbons (Fsp3) is 0.158. The molecule has 2 heterocycles. The zero-order chi connectivity index (χ0) is 17.4. The third-order valence-corrected chi connectivity index (χ3v) is 5.61. The number of carbonyl (C=O) groups excluding carboxylic acids is 1. The zero-order valence-electron chi connectivity index (χ0n) is 13.4. The van der Waals surface area contributed by atoms with Crippen LogP contribution in [0.4, 0.5) is 4.79 Å². The lowest BCUT2D eigenvalue weighted by molar-refractivity contribution is 0.189. The predicted molar refractivity (Wildman–Crippen MR) is 101 cm³/mol. The number of carbonyl (C=O) groups is 1. The van der Waals surface area contributed by atoms with E-state index in [4.69, 9.17) is 22.3 Å². The number of rotatable bonds is 2. The SMILES string of the molecule is NC(=O)N1CCc2ccccc2C1c1nc(-c2ccc(Cl)cc2)cs1. The first-order valence-corrected chi connectivity index (χ1v) is 9.24. The van der Waals surface area contributed by atoms with E-state index in [1.165, 1.54) is 5.56 Å². The summed E-state index contributed by atoms with van der Waals surface area (Å²) < 4.78 is 0. The van der Waals surface area contributed by atoms with Crippen LogP contribution in [-0.4, -0.2) is 22.5 Å². The molecule has 0 aliphatic carbocycles. The third-order valence-electron chi connectivity index (χ3n) is 4.46. The Morgan fingerprint density at radius 3 is 2.72 bits per heavy atom. The number of hydrogen-bond donors (Lipinski definition) is 1. The van der Waals surface area contributed by atoms with Gasteiger partial charge in [0.1, 0.15) is 11.0 Å². The normalized spacial score (nSPS) is 16.5. The summed E-state index contributed by atoms with van der Waals surface area (Å²) in [7, 11) is 0. The summed E-state index contributed by atoms with van der Waals surface area (Å²) in [6.45, 7) is 0.604. The number of primary amides is 1. The lowest BCUT2D eigenvalue weighted by atomic mass is 9.93. The molecule has 0 saturated heterocycles. The highest BCUT2D eigenvalue weighted by Gasteiger charge is 2.32. The highest BCUT2D eigenvalue weighted by molar-refractivity contribution is 7.10. The second kappa shape index (κ2) is 6.50. The van der Waals surface area contributed by atoms with Gasteiger partial charge in [0.05, 0.1) is 5.69 Å². The number of halogens is 1. The maximum atomic E-state index is 12.0. The molecule has 2 N–H and O–H groups in total. The fourth-order valence-electron chi connectivity index (χ4n) is 3.24. The van der Waals surface area contributed by atoms with E-state index in [1.54, 1.807) is 16.2 Å². The van der Waals surface area contributed by atoms with Gasteiger partial charge in [-0.2, -0.15) is 0 Å². The zero-order valence-corrected chi connectivity index (χ0v) is 14.9. The Bertz CT molecular complexity index is 922. The van der Waals surface area contributed by atoms with E-state index in [-0.39, 0.29) is 6.04 Å². The minimum atomic E-state index is -0.414. The lowest BCUT2D eigenvalue weighted by Gasteiger charge is -2.35. The predicted octanol–water partition coefficient (Wildman–Crippen LogP) is 4.49. The van der Waals surface area contributed by atoms with E-state index in [1.807, 2.05) is 41.8 Å². The van der Waals surface area contributed by atoms with Gasteiger partial charge in [0.15, 0.2) is 0 Å². The van der Waals surface area contributed by atoms with Gasteiger partial charge in [-0.05, 0) is 29.7 Å². The van der Waals surface area contributed by atoms with Crippen molar-refractivity contribution in [3.05, 3.63) is 75.1 Å². The van der Waals surface area contributed by atoms with Crippen molar-refractivity contribution in [2.75, 3.05) is 6.54 Å². The van der Waals surface area contributed by atoms with Crippen LogP contribution in [0.15, 0.2) is 53.9 Å². The molecular formula is C19H16ClN3OS. The molecular weight excluding hydrogens is 354 g/mol. The molecule has 2 aromatic carbocycles. The summed E-state index contributed by atoms with van der Waals surface area (Å²) in [5.41, 5.74) is 9.86. The average molecular weight is 370 g/mol. The van der Waals surface area contributed by atoms with Gasteiger partial charge in [-0.25, -0.2) is 9.78 Å². The standard InChI is InChI=1S/C19H16ClN3OS/c20-14-7-5-13(6-8-14)16-11-25-18(22-16)17-15-4-2-1-3-12(15)9-10-23(17)19(21)24/h1-8,11,17H,9-10H2,(H2,21,24). The van der Waals surface area contributed by atoms with Gasteiger partial charge in [0.2, 0.25) is 0 Å². The van der Waals surface area contributed by atoms with Crippen molar-refractivity contribution in [2.45, 2.75) is 12.5 Å². The molecule has 1 aliphatic heterocycles. The largest absolute Gasteiger partial charge is 0.351 e. The molecule has 1 atom stereocenters. The summed E-state index contributed by atoms with van der Waals surface area (Å²) in [4.78, 5) is 18.5. The molecule has 1 unspecified atom stereocenters. The fourth-order valence-corrected chi connectivity index (χ4v) is 4.32. The van der Waals surface area contributed by atoms with Gasteiger partial charge in [0.25, 0.3) is 0 Å². The Morgan fingerprint density at radius 2 is 1.96 bits per heavy atom. The minimum Gasteiger partial charge on any atom is -0.351 e. The molecule has 6 heteroatoms. The van der Waals surface area contributed by atoms with Gasteiger partial charge >= 0.3 is 6.03 Å². The van der Waals surface area contributed by atoms with Crippen LogP contribution in [0, 0.1) is 0 Å². The van der Waals surface area contributed by atoms with E-state index in [0.717, 1.165) is 28.2 Å². The molecule has 0 bridgehead atoms. The Balaban J connectivity index is 1.76. The molecule has 0 saturated carbocycles. The number of benzene rings is 2. The molecule has 0 radical (unpaired) electrons. The summed E-state index contributed by atoms with van der Waals surface area (Å²) in [6.07, 6.45) is 0.811. The van der Waals surface area contributed by atoms with Crippen LogP contribution in [0.3, 0.4) is 0 Å². The second-order valence-corrected chi connectivity index (χ2v) is 7.29. The van der Waals surface area contributed by atoms with Gasteiger partial charge in [-0.1, -0.05) is 48.0 Å². The van der Waals surface area contributed by atoms with Crippen molar-refractivity contribution in [3.63, 3.8) is 0 Å². The Hall–Kier alpha value is -2.37. The highest BCUT2D eigenvalue weighted by Crippen LogP contribution is 2.37. The van der Waals surface area contributed by atoms with Crippen molar-refractivity contribution in [1.82, 2.24) is 9.88 Å². The number of hydrogen-bond acceptors (Lipinski definition) is 3. The number of amides is 2. The minimum absolute atomic E-state index is 0.228. The maximum Gasteiger partial charge on any atom is 0.315 e. The topological polar surface area (TPSA) is 59.2 Å². The summed E-state index contributed by atoms with van der Waals surface area (Å²) in [5.74, 6) is 0. The molecule has 126 valence electrons. The van der Waals surface area contributed by atoms with Crippen molar-refractivity contribution >= 4 is 29.0 Å². The van der Waals surface area contributed by atoms with E-state index < -0.39 is 6.03 Å². The van der Waals surface area contributed by atoms with E-state index in [2.05, 4.69) is 12.1 Å². The summed E-state index contributed by atoms with van der Waals surface area (Å²) in [6, 6.07) is 15.1. The highest BCUT2D eigenvalue weighted by atomic mass is 35.5. The molecule has 25 heavy (non-hydrogen) atoms. The molecule has 0 fully saturated rings. The van der Waals surface area contributed by atoms with Crippen LogP contribution in [0.2, 0.25) is 5.02 Å². The van der Waals surface area contributed by atoms with Crippen LogP contribution < -0.4 is 5.73 Å². The molecule has 4 rings (SSSR count). The molecule has 1 aliphatic rings. The van der Waals surface area contributed by atoms with Crippen molar-refractivity contribution < 1.29 is 4.79 Å². The van der Waals surface area contributed by atoms with Gasteiger partial charge < -0.3 is 10.6 Å². The summed E-state index contributed by atoms with van der Waals surface area (Å²) >= 11 is 7.51. The number of nitrogens with zero attached hydrogens (tertiary/aromatic N) is 2. The number of urea groups is 1. The van der Waals surface area contributed by atoms with Crippen molar-refractivity contribution in [2.24, 2.45) is 5.73 Å². The van der Waals surface area contributed by atoms with Crippen LogP contribution in [0.25, 0.3) is 11.3 Å². The van der Waals surface area contributed by atoms with E-state index in [0.29, 0.717) is 11.6 Å². The third kappa shape index (κ3) is 3.01. The smallest absolute Gasteiger partial charge is 0.315 e. The number of thiazole rings is 1. The first-order valence-electron chi connectivity index (χ1n) is 7.99. The monoisotopic (exact) mass is 369 g/mol. The second-order valence-electron chi connectivity index (χ2n) is 5.96. The number of nitrogens with two attached hydrogens (primary N) is 1. The van der Waals surface area contributed by atoms with Gasteiger partial charge in [0, 0.05) is 22.5 Å². The molecule has 0 spiro atoms. The summed E-state index contributed by atoms with van der Waals surface area (Å²) in [5, 5.41) is 3.57. The Morgan fingerprint density at radius 1 is 1.20 bits per heavy atom. The molecule has 1 aromatic heterocycles. The van der Waals surface area contributed by atoms with E-state index in [9.17, 15) is 4.79 Å². The number of aromatic nitrogens is 1. The first-order chi connectivity index (χ1) is 12.1. The van der Waals surface area contributed by atoms with Gasteiger partial charge in [-0.15, -0.1) is 11.3 Å². The molecule has 4 nitrogen and oxygen atoms in total. The first kappa shape index (κ1) is 16.1. The van der Waals surface area contributed by atoms with Crippen LogP contribution >= 0.6 is 22.9 Å². The number of fused-ring (bicyclic) bond motifs is 1. The van der Waals surface area contributed by atoms with E-state index >= 15 is 0 Å². The average Bonchev–Trinajstić information content (AvgIpc) is 3.11. The van der Waals surface area contributed by atoms with Crippen molar-refractivity contribution in [3.8, 4) is 11.3 Å². The molecule has 2 amide bonds. The van der Waals surface area contributed by atoms with Crippen LogP contribution in [-0.2, 0) is 6.42 Å². The van der Waals surface area contributed by atoms with Gasteiger partial charge in [-0.3, -0.25) is 0 Å². The van der Waals surface area contributed by atoms with Crippen LogP contribution in [0.1, 0.15) is 22.2 Å². The quantitative estimate of drug-likeness (QED) is 0.723. The Labute approximate surface area is 154 Å². The maximum absolute atomic E-state index is 12.0. The molecule has 3 aromatic rings. The van der Waals surface area contributed by atoms with Crippen molar-refractivity contribution in [1.29, 1.82) is 0 Å². The van der Waals surface area contributed by atoms with Crippen LogP contribution in [0.5, 0.6) is 0 Å². The Kier molecular flexibility index (Phi) is 4.19.